The predicted octanol–water partition coefficient (Wildman–Crippen LogP) is 5.40. The van der Waals surface area contributed by atoms with Gasteiger partial charge in [0, 0.05) is 0 Å². The lowest BCUT2D eigenvalue weighted by Crippen LogP contribution is -2.21. The maximum Gasteiger partial charge on any atom is 0.309 e. The molecule has 0 radical (unpaired) electrons. The van der Waals surface area contributed by atoms with Crippen LogP contribution < -0.4 is 4.74 Å². The Morgan fingerprint density at radius 2 is 1.88 bits per heavy atom. The van der Waals surface area contributed by atoms with Gasteiger partial charge in [0.2, 0.25) is 0 Å². The fourth-order valence-corrected chi connectivity index (χ4v) is 3.34. The molecule has 1 aliphatic carbocycles. The van der Waals surface area contributed by atoms with Crippen molar-refractivity contribution in [2.75, 3.05) is 6.61 Å². The number of hydrogen-bond donors (Lipinski definition) is 0. The van der Waals surface area contributed by atoms with Crippen LogP contribution in [0.1, 0.15) is 43.7 Å². The Bertz CT molecular complexity index is 732. The van der Waals surface area contributed by atoms with Crippen molar-refractivity contribution >= 4 is 12.0 Å². The minimum atomic E-state index is -0.0776. The van der Waals surface area contributed by atoms with Gasteiger partial charge >= 0.3 is 5.97 Å². The van der Waals surface area contributed by atoms with Gasteiger partial charge in [0.1, 0.15) is 12.4 Å². The molecule has 0 N–H and O–H groups in total. The summed E-state index contributed by atoms with van der Waals surface area (Å²) in [6.07, 6.45) is 5.99. The van der Waals surface area contributed by atoms with Crippen molar-refractivity contribution in [3.8, 4) is 5.75 Å². The van der Waals surface area contributed by atoms with Gasteiger partial charge in [-0.15, -0.1) is 0 Å². The summed E-state index contributed by atoms with van der Waals surface area (Å²) in [5, 5.41) is 0. The van der Waals surface area contributed by atoms with Crippen LogP contribution in [0, 0.1) is 5.92 Å². The summed E-state index contributed by atoms with van der Waals surface area (Å²) in [5.41, 5.74) is 3.51. The summed E-state index contributed by atoms with van der Waals surface area (Å²) in [6.45, 7) is 3.01. The molecule has 1 saturated carbocycles. The molecule has 1 unspecified atom stereocenters. The van der Waals surface area contributed by atoms with Crippen molar-refractivity contribution in [2.45, 2.75) is 39.2 Å². The highest BCUT2D eigenvalue weighted by Gasteiger charge is 2.25. The maximum absolute atomic E-state index is 12.4. The first-order valence-electron chi connectivity index (χ1n) is 9.37. The van der Waals surface area contributed by atoms with Crippen LogP contribution in [0.15, 0.2) is 60.2 Å². The molecular formula is C23H26O3. The summed E-state index contributed by atoms with van der Waals surface area (Å²) in [6, 6.07) is 17.9. The van der Waals surface area contributed by atoms with E-state index in [9.17, 15) is 4.79 Å². The number of hydrogen-bond acceptors (Lipinski definition) is 3. The summed E-state index contributed by atoms with van der Waals surface area (Å²) in [4.78, 5) is 12.4. The zero-order valence-electron chi connectivity index (χ0n) is 15.3. The van der Waals surface area contributed by atoms with Crippen molar-refractivity contribution in [1.29, 1.82) is 0 Å². The second-order valence-electron chi connectivity index (χ2n) is 6.69. The van der Waals surface area contributed by atoms with E-state index in [1.807, 2.05) is 49.4 Å². The van der Waals surface area contributed by atoms with Crippen LogP contribution in [0.2, 0.25) is 0 Å². The highest BCUT2D eigenvalue weighted by molar-refractivity contribution is 5.73. The average Bonchev–Trinajstić information content (AvgIpc) is 2.69. The number of rotatable bonds is 6. The maximum atomic E-state index is 12.4. The molecule has 0 saturated heterocycles. The Balaban J connectivity index is 1.56. The molecule has 3 rings (SSSR count). The third-order valence-electron chi connectivity index (χ3n) is 4.68. The molecule has 1 aliphatic rings. The predicted molar refractivity (Wildman–Crippen MR) is 104 cm³/mol. The van der Waals surface area contributed by atoms with Gasteiger partial charge in [-0.05, 0) is 55.9 Å². The fraction of sp³-hybridized carbons (Fsp3) is 0.348. The number of allylic oxidation sites excluding steroid dienone is 1. The second-order valence-corrected chi connectivity index (χ2v) is 6.69. The topological polar surface area (TPSA) is 35.5 Å². The minimum Gasteiger partial charge on any atom is -0.494 e. The molecule has 1 atom stereocenters. The Kier molecular flexibility index (Phi) is 6.48. The van der Waals surface area contributed by atoms with E-state index in [0.717, 1.165) is 42.6 Å². The summed E-state index contributed by atoms with van der Waals surface area (Å²) in [7, 11) is 0. The Morgan fingerprint density at radius 3 is 2.62 bits per heavy atom. The van der Waals surface area contributed by atoms with Crippen molar-refractivity contribution in [1.82, 2.24) is 0 Å². The molecule has 0 amide bonds. The van der Waals surface area contributed by atoms with E-state index in [-0.39, 0.29) is 11.9 Å². The van der Waals surface area contributed by atoms with Gasteiger partial charge in [-0.25, -0.2) is 0 Å². The van der Waals surface area contributed by atoms with Crippen LogP contribution in [0.3, 0.4) is 0 Å². The number of carbonyl (C=O) groups excluding carboxylic acids is 1. The smallest absolute Gasteiger partial charge is 0.309 e. The lowest BCUT2D eigenvalue weighted by Gasteiger charge is -2.23. The lowest BCUT2D eigenvalue weighted by molar-refractivity contribution is -0.150. The van der Waals surface area contributed by atoms with Gasteiger partial charge in [0.15, 0.2) is 0 Å². The van der Waals surface area contributed by atoms with Crippen LogP contribution in [-0.4, -0.2) is 12.6 Å². The first kappa shape index (κ1) is 18.2. The molecule has 3 nitrogen and oxygen atoms in total. The zero-order valence-corrected chi connectivity index (χ0v) is 15.3. The first-order chi connectivity index (χ1) is 12.7. The van der Waals surface area contributed by atoms with Gasteiger partial charge in [0.25, 0.3) is 0 Å². The first-order valence-corrected chi connectivity index (χ1v) is 9.37. The molecule has 0 spiro atoms. The summed E-state index contributed by atoms with van der Waals surface area (Å²) in [5.74, 6) is 0.785. The van der Waals surface area contributed by atoms with Crippen molar-refractivity contribution in [3.63, 3.8) is 0 Å². The molecule has 3 heteroatoms. The quantitative estimate of drug-likeness (QED) is 0.654. The van der Waals surface area contributed by atoms with Crippen LogP contribution in [0.5, 0.6) is 5.75 Å². The summed E-state index contributed by atoms with van der Waals surface area (Å²) < 4.78 is 11.0. The van der Waals surface area contributed by atoms with Crippen molar-refractivity contribution in [2.24, 2.45) is 5.92 Å². The van der Waals surface area contributed by atoms with Crippen LogP contribution in [-0.2, 0) is 16.1 Å². The molecule has 0 aliphatic heterocycles. The van der Waals surface area contributed by atoms with Gasteiger partial charge < -0.3 is 9.47 Å². The Hall–Kier alpha value is -2.55. The largest absolute Gasteiger partial charge is 0.494 e. The van der Waals surface area contributed by atoms with E-state index in [2.05, 4.69) is 18.2 Å². The molecular weight excluding hydrogens is 324 g/mol. The third-order valence-corrected chi connectivity index (χ3v) is 4.68. The van der Waals surface area contributed by atoms with Crippen molar-refractivity contribution in [3.05, 3.63) is 71.3 Å². The number of carbonyl (C=O) groups is 1. The third kappa shape index (κ3) is 5.22. The molecule has 0 bridgehead atoms. The molecule has 2 aromatic carbocycles. The summed E-state index contributed by atoms with van der Waals surface area (Å²) >= 11 is 0. The molecule has 26 heavy (non-hydrogen) atoms. The van der Waals surface area contributed by atoms with Gasteiger partial charge in [0.05, 0.1) is 12.5 Å². The van der Waals surface area contributed by atoms with Gasteiger partial charge in [-0.3, -0.25) is 4.79 Å². The van der Waals surface area contributed by atoms with E-state index in [0.29, 0.717) is 13.2 Å². The number of ether oxygens (including phenoxy) is 2. The SMILES string of the molecule is CCOc1ccc(C=C2CCCC(C(=O)OCc3ccccc3)C2)cc1. The highest BCUT2D eigenvalue weighted by Crippen LogP contribution is 2.31. The van der Waals surface area contributed by atoms with E-state index in [1.54, 1.807) is 0 Å². The standard InChI is InChI=1S/C23H26O3/c1-2-25-22-13-11-18(12-14-22)15-20-9-6-10-21(16-20)23(24)26-17-19-7-4-3-5-8-19/h3-5,7-8,11-15,21H,2,6,9-10,16-17H2,1H3. The highest BCUT2D eigenvalue weighted by atomic mass is 16.5. The Labute approximate surface area is 155 Å². The van der Waals surface area contributed by atoms with E-state index >= 15 is 0 Å². The van der Waals surface area contributed by atoms with E-state index in [4.69, 9.17) is 9.47 Å². The molecule has 136 valence electrons. The van der Waals surface area contributed by atoms with Crippen LogP contribution in [0.4, 0.5) is 0 Å². The fourth-order valence-electron chi connectivity index (χ4n) is 3.34. The Morgan fingerprint density at radius 1 is 1.12 bits per heavy atom. The molecule has 2 aromatic rings. The van der Waals surface area contributed by atoms with Gasteiger partial charge in [-0.2, -0.15) is 0 Å². The van der Waals surface area contributed by atoms with Crippen molar-refractivity contribution < 1.29 is 14.3 Å². The van der Waals surface area contributed by atoms with Crippen LogP contribution >= 0.6 is 0 Å². The second kappa shape index (κ2) is 9.23. The zero-order chi connectivity index (χ0) is 18.2. The molecule has 0 aromatic heterocycles. The van der Waals surface area contributed by atoms with E-state index < -0.39 is 0 Å². The van der Waals surface area contributed by atoms with Gasteiger partial charge in [-0.1, -0.05) is 54.1 Å². The molecule has 1 fully saturated rings. The normalized spacial score (nSPS) is 18.5. The number of esters is 1. The lowest BCUT2D eigenvalue weighted by atomic mass is 9.84. The van der Waals surface area contributed by atoms with Crippen LogP contribution in [0.25, 0.3) is 6.08 Å². The molecule has 0 heterocycles. The average molecular weight is 350 g/mol. The van der Waals surface area contributed by atoms with E-state index in [1.165, 1.54) is 5.57 Å². The monoisotopic (exact) mass is 350 g/mol. The minimum absolute atomic E-state index is 0.0265. The number of benzene rings is 2.